The van der Waals surface area contributed by atoms with Gasteiger partial charge in [-0.3, -0.25) is 19.9 Å². The quantitative estimate of drug-likeness (QED) is 0.848. The molecule has 0 saturated carbocycles. The number of carbonyl (C=O) groups excluding carboxylic acids is 1. The van der Waals surface area contributed by atoms with E-state index in [2.05, 4.69) is 10.2 Å². The third-order valence-corrected chi connectivity index (χ3v) is 3.33. The number of aromatic amines is 1. The summed E-state index contributed by atoms with van der Waals surface area (Å²) in [5.74, 6) is 0.578. The molecule has 6 heteroatoms. The first-order valence-electron chi connectivity index (χ1n) is 6.11. The number of anilines is 2. The standard InChI is InChI=1S/C13H15N5O/c1-17-13(19)6-7-18(17)11-5-3-2-4-9(11)10-8-12(14)16-15-10/h2-5,8H,6-7H2,1H3,(H3,14,15,16). The maximum Gasteiger partial charge on any atom is 0.242 e. The predicted octanol–water partition coefficient (Wildman–Crippen LogP) is 1.24. The van der Waals surface area contributed by atoms with E-state index >= 15 is 0 Å². The lowest BCUT2D eigenvalue weighted by molar-refractivity contribution is -0.126. The lowest BCUT2D eigenvalue weighted by Crippen LogP contribution is -2.35. The normalized spacial score (nSPS) is 15.3. The molecule has 0 atom stereocenters. The third kappa shape index (κ3) is 1.91. The summed E-state index contributed by atoms with van der Waals surface area (Å²) in [5, 5.41) is 10.5. The summed E-state index contributed by atoms with van der Waals surface area (Å²) in [4.78, 5) is 11.7. The Morgan fingerprint density at radius 3 is 2.79 bits per heavy atom. The van der Waals surface area contributed by atoms with E-state index in [1.165, 1.54) is 0 Å². The first-order valence-corrected chi connectivity index (χ1v) is 6.11. The van der Waals surface area contributed by atoms with Gasteiger partial charge in [0.05, 0.1) is 11.4 Å². The number of hydrazine groups is 1. The molecule has 0 radical (unpaired) electrons. The molecule has 1 aromatic carbocycles. The fourth-order valence-corrected chi connectivity index (χ4v) is 2.33. The first kappa shape index (κ1) is 11.6. The van der Waals surface area contributed by atoms with Gasteiger partial charge in [0, 0.05) is 31.6 Å². The molecule has 0 aliphatic carbocycles. The van der Waals surface area contributed by atoms with Crippen molar-refractivity contribution >= 4 is 17.4 Å². The van der Waals surface area contributed by atoms with Crippen molar-refractivity contribution < 1.29 is 4.79 Å². The van der Waals surface area contributed by atoms with Gasteiger partial charge in [0.1, 0.15) is 5.82 Å². The van der Waals surface area contributed by atoms with Crippen LogP contribution in [0.15, 0.2) is 30.3 Å². The number of nitrogens with two attached hydrogens (primary N) is 1. The van der Waals surface area contributed by atoms with Gasteiger partial charge in [-0.1, -0.05) is 18.2 Å². The van der Waals surface area contributed by atoms with Gasteiger partial charge in [-0.05, 0) is 6.07 Å². The second-order valence-electron chi connectivity index (χ2n) is 4.51. The van der Waals surface area contributed by atoms with Gasteiger partial charge in [-0.15, -0.1) is 0 Å². The number of hydrogen-bond acceptors (Lipinski definition) is 4. The van der Waals surface area contributed by atoms with Crippen LogP contribution in [0.1, 0.15) is 6.42 Å². The van der Waals surface area contributed by atoms with Gasteiger partial charge in [-0.25, -0.2) is 0 Å². The summed E-state index contributed by atoms with van der Waals surface area (Å²) in [7, 11) is 1.79. The van der Waals surface area contributed by atoms with E-state index in [0.717, 1.165) is 16.9 Å². The van der Waals surface area contributed by atoms with E-state index in [1.54, 1.807) is 18.1 Å². The molecule has 6 nitrogen and oxygen atoms in total. The predicted molar refractivity (Wildman–Crippen MR) is 73.2 cm³/mol. The zero-order valence-corrected chi connectivity index (χ0v) is 10.6. The molecule has 0 unspecified atom stereocenters. The highest BCUT2D eigenvalue weighted by Gasteiger charge is 2.27. The van der Waals surface area contributed by atoms with E-state index in [1.807, 2.05) is 29.3 Å². The zero-order valence-electron chi connectivity index (χ0n) is 10.6. The van der Waals surface area contributed by atoms with Crippen molar-refractivity contribution in [1.82, 2.24) is 15.2 Å². The number of hydrogen-bond donors (Lipinski definition) is 2. The van der Waals surface area contributed by atoms with E-state index in [4.69, 9.17) is 5.73 Å². The summed E-state index contributed by atoms with van der Waals surface area (Å²) in [5.41, 5.74) is 8.45. The average Bonchev–Trinajstić information content (AvgIpc) is 2.98. The summed E-state index contributed by atoms with van der Waals surface area (Å²) >= 11 is 0. The maximum atomic E-state index is 11.7. The number of nitrogens with zero attached hydrogens (tertiary/aromatic N) is 3. The van der Waals surface area contributed by atoms with Crippen LogP contribution in [0, 0.1) is 0 Å². The third-order valence-electron chi connectivity index (χ3n) is 3.33. The second-order valence-corrected chi connectivity index (χ2v) is 4.51. The molecule has 1 saturated heterocycles. The molecule has 1 fully saturated rings. The lowest BCUT2D eigenvalue weighted by atomic mass is 10.1. The van der Waals surface area contributed by atoms with Gasteiger partial charge in [0.2, 0.25) is 5.91 Å². The molecular weight excluding hydrogens is 242 g/mol. The van der Waals surface area contributed by atoms with Crippen molar-refractivity contribution in [2.45, 2.75) is 6.42 Å². The lowest BCUT2D eigenvalue weighted by Gasteiger charge is -2.27. The number of amides is 1. The number of H-pyrrole nitrogens is 1. The average molecular weight is 257 g/mol. The van der Waals surface area contributed by atoms with Crippen LogP contribution in [0.3, 0.4) is 0 Å². The Morgan fingerprint density at radius 2 is 2.16 bits per heavy atom. The van der Waals surface area contributed by atoms with Crippen LogP contribution in [0.4, 0.5) is 11.5 Å². The van der Waals surface area contributed by atoms with Crippen LogP contribution in [-0.2, 0) is 4.79 Å². The summed E-state index contributed by atoms with van der Waals surface area (Å²) in [6.45, 7) is 0.690. The van der Waals surface area contributed by atoms with Gasteiger partial charge in [0.15, 0.2) is 0 Å². The van der Waals surface area contributed by atoms with Crippen LogP contribution in [-0.4, -0.2) is 34.7 Å². The molecule has 3 rings (SSSR count). The monoisotopic (exact) mass is 257 g/mol. The highest BCUT2D eigenvalue weighted by atomic mass is 16.2. The number of para-hydroxylation sites is 1. The molecule has 0 spiro atoms. The second kappa shape index (κ2) is 4.31. The number of nitrogen functional groups attached to an aromatic ring is 1. The Labute approximate surface area is 110 Å². The van der Waals surface area contributed by atoms with Crippen LogP contribution < -0.4 is 10.7 Å². The molecule has 2 aromatic rings. The summed E-state index contributed by atoms with van der Waals surface area (Å²) in [6, 6.07) is 9.67. The topological polar surface area (TPSA) is 78.2 Å². The van der Waals surface area contributed by atoms with Crippen molar-refractivity contribution in [1.29, 1.82) is 0 Å². The Morgan fingerprint density at radius 1 is 1.37 bits per heavy atom. The number of nitrogens with one attached hydrogen (secondary N) is 1. The molecule has 1 amide bonds. The number of aromatic nitrogens is 2. The zero-order chi connectivity index (χ0) is 13.4. The number of benzene rings is 1. The molecule has 2 heterocycles. The number of rotatable bonds is 2. The highest BCUT2D eigenvalue weighted by Crippen LogP contribution is 2.32. The molecule has 1 aliphatic rings. The first-order chi connectivity index (χ1) is 9.16. The Bertz CT molecular complexity index is 621. The van der Waals surface area contributed by atoms with Crippen molar-refractivity contribution in [2.24, 2.45) is 0 Å². The molecule has 0 bridgehead atoms. The van der Waals surface area contributed by atoms with E-state index in [0.29, 0.717) is 18.8 Å². The fraction of sp³-hybridized carbons (Fsp3) is 0.231. The van der Waals surface area contributed by atoms with Gasteiger partial charge >= 0.3 is 0 Å². The van der Waals surface area contributed by atoms with Crippen LogP contribution in [0.5, 0.6) is 0 Å². The molecule has 1 aliphatic heterocycles. The minimum atomic E-state index is 0.124. The SMILES string of the molecule is CN1C(=O)CCN1c1ccccc1-c1cc(N)n[nH]1. The summed E-state index contributed by atoms with van der Waals surface area (Å²) < 4.78 is 0. The molecule has 3 N–H and O–H groups in total. The Kier molecular flexibility index (Phi) is 2.63. The largest absolute Gasteiger partial charge is 0.382 e. The van der Waals surface area contributed by atoms with Crippen molar-refractivity contribution in [3.63, 3.8) is 0 Å². The van der Waals surface area contributed by atoms with Crippen LogP contribution in [0.25, 0.3) is 11.3 Å². The Balaban J connectivity index is 2.05. The minimum Gasteiger partial charge on any atom is -0.382 e. The minimum absolute atomic E-state index is 0.124. The van der Waals surface area contributed by atoms with E-state index in [9.17, 15) is 4.79 Å². The number of carbonyl (C=O) groups is 1. The molecule has 19 heavy (non-hydrogen) atoms. The van der Waals surface area contributed by atoms with Gasteiger partial charge in [0.25, 0.3) is 0 Å². The van der Waals surface area contributed by atoms with Crippen molar-refractivity contribution in [3.8, 4) is 11.3 Å². The maximum absolute atomic E-state index is 11.7. The van der Waals surface area contributed by atoms with E-state index < -0.39 is 0 Å². The smallest absolute Gasteiger partial charge is 0.242 e. The molecule has 1 aromatic heterocycles. The van der Waals surface area contributed by atoms with Crippen LogP contribution in [0.2, 0.25) is 0 Å². The van der Waals surface area contributed by atoms with Crippen LogP contribution >= 0.6 is 0 Å². The summed E-state index contributed by atoms with van der Waals surface area (Å²) in [6.07, 6.45) is 0.538. The Hall–Kier alpha value is -2.50. The molecule has 98 valence electrons. The fourth-order valence-electron chi connectivity index (χ4n) is 2.33. The highest BCUT2D eigenvalue weighted by molar-refractivity contribution is 5.85. The van der Waals surface area contributed by atoms with Crippen molar-refractivity contribution in [2.75, 3.05) is 24.3 Å². The van der Waals surface area contributed by atoms with Crippen molar-refractivity contribution in [3.05, 3.63) is 30.3 Å². The van der Waals surface area contributed by atoms with Gasteiger partial charge in [-0.2, -0.15) is 5.10 Å². The van der Waals surface area contributed by atoms with E-state index in [-0.39, 0.29) is 5.91 Å². The van der Waals surface area contributed by atoms with Gasteiger partial charge < -0.3 is 5.73 Å². The molecular formula is C13H15N5O.